The van der Waals surface area contributed by atoms with Crippen LogP contribution in [0.1, 0.15) is 61.9 Å². The summed E-state index contributed by atoms with van der Waals surface area (Å²) in [6.45, 7) is 9.84. The highest BCUT2D eigenvalue weighted by Crippen LogP contribution is 2.31. The number of aromatic nitrogens is 1. The smallest absolute Gasteiger partial charge is 0.338 e. The lowest BCUT2D eigenvalue weighted by Crippen LogP contribution is -2.39. The molecule has 1 aromatic heterocycles. The number of esters is 1. The first kappa shape index (κ1) is 30.7. The minimum absolute atomic E-state index is 0.133. The van der Waals surface area contributed by atoms with Crippen molar-refractivity contribution >= 4 is 35.0 Å². The first-order valence-electron chi connectivity index (χ1n) is 14.5. The van der Waals surface area contributed by atoms with Crippen LogP contribution in [0, 0.1) is 6.92 Å². The minimum atomic E-state index is -0.657. The molecule has 8 nitrogen and oxygen atoms in total. The van der Waals surface area contributed by atoms with E-state index in [-0.39, 0.29) is 24.7 Å². The molecule has 5 rings (SSSR count). The van der Waals surface area contributed by atoms with Gasteiger partial charge in [-0.3, -0.25) is 14.2 Å². The van der Waals surface area contributed by atoms with E-state index in [2.05, 4.69) is 24.2 Å². The van der Waals surface area contributed by atoms with Crippen molar-refractivity contribution < 1.29 is 19.1 Å². The van der Waals surface area contributed by atoms with Gasteiger partial charge in [-0.2, -0.15) is 0 Å². The monoisotopic (exact) mass is 609 g/mol. The molecule has 0 saturated heterocycles. The molecule has 0 radical (unpaired) electrons. The van der Waals surface area contributed by atoms with Crippen LogP contribution in [-0.2, 0) is 14.3 Å². The molecule has 0 aliphatic carbocycles. The van der Waals surface area contributed by atoms with E-state index in [1.54, 1.807) is 36.6 Å². The van der Waals surface area contributed by atoms with E-state index in [9.17, 15) is 14.4 Å². The van der Waals surface area contributed by atoms with Crippen LogP contribution >= 0.6 is 11.3 Å². The number of nitrogens with zero attached hydrogens (tertiary/aromatic N) is 2. The van der Waals surface area contributed by atoms with E-state index in [1.165, 1.54) is 16.9 Å². The van der Waals surface area contributed by atoms with Gasteiger partial charge < -0.3 is 14.8 Å². The minimum Gasteiger partial charge on any atom is -0.484 e. The Morgan fingerprint density at radius 1 is 1.00 bits per heavy atom. The van der Waals surface area contributed by atoms with Crippen molar-refractivity contribution in [1.29, 1.82) is 0 Å². The van der Waals surface area contributed by atoms with Gasteiger partial charge in [-0.15, -0.1) is 0 Å². The number of hydrogen-bond donors (Lipinski definition) is 1. The second-order valence-corrected chi connectivity index (χ2v) is 11.9. The third kappa shape index (κ3) is 6.73. The number of anilines is 1. The number of amides is 1. The molecule has 0 bridgehead atoms. The zero-order chi connectivity index (χ0) is 31.4. The number of fused-ring (bicyclic) bond motifs is 1. The molecule has 1 aliphatic rings. The fourth-order valence-corrected chi connectivity index (χ4v) is 6.01. The average Bonchev–Trinajstić information content (AvgIpc) is 3.31. The highest BCUT2D eigenvalue weighted by molar-refractivity contribution is 7.07. The molecule has 1 amide bonds. The first-order chi connectivity index (χ1) is 21.1. The molecule has 9 heteroatoms. The Kier molecular flexibility index (Phi) is 9.25. The number of benzene rings is 3. The van der Waals surface area contributed by atoms with Crippen molar-refractivity contribution in [3.8, 4) is 5.75 Å². The predicted molar refractivity (Wildman–Crippen MR) is 173 cm³/mol. The number of carbonyl (C=O) groups is 2. The van der Waals surface area contributed by atoms with E-state index in [1.807, 2.05) is 67.6 Å². The van der Waals surface area contributed by atoms with Crippen molar-refractivity contribution in [2.45, 2.75) is 46.6 Å². The lowest BCUT2D eigenvalue weighted by atomic mass is 9.93. The van der Waals surface area contributed by atoms with E-state index < -0.39 is 12.0 Å². The molecular weight excluding hydrogens is 574 g/mol. The topological polar surface area (TPSA) is 99.0 Å². The predicted octanol–water partition coefficient (Wildman–Crippen LogP) is 5.25. The second-order valence-electron chi connectivity index (χ2n) is 10.9. The zero-order valence-electron chi connectivity index (χ0n) is 25.4. The molecule has 44 heavy (non-hydrogen) atoms. The Morgan fingerprint density at radius 3 is 2.32 bits per heavy atom. The molecule has 226 valence electrons. The Hall–Kier alpha value is -4.76. The van der Waals surface area contributed by atoms with Gasteiger partial charge in [-0.05, 0) is 73.7 Å². The number of allylic oxidation sites excluding steroid dienone is 1. The molecule has 3 aromatic carbocycles. The van der Waals surface area contributed by atoms with Crippen LogP contribution in [0.3, 0.4) is 0 Å². The quantitative estimate of drug-likeness (QED) is 0.262. The zero-order valence-corrected chi connectivity index (χ0v) is 26.2. The standard InChI is InChI=1S/C35H35N3O5S/c1-6-42-34(41)31-23(5)36-35-38(32(31)26-13-11-25(12-14-26)21(2)3)33(40)29(44-35)19-24-9-17-28(18-10-24)43-20-30(39)37-27-15-7-22(4)8-16-27/h7-19,21,32H,6,20H2,1-5H3,(H,37,39). The van der Waals surface area contributed by atoms with Crippen molar-refractivity contribution in [2.24, 2.45) is 4.99 Å². The van der Waals surface area contributed by atoms with Gasteiger partial charge in [-0.25, -0.2) is 9.79 Å². The SMILES string of the molecule is CCOC(=O)C1=C(C)N=c2sc(=Cc3ccc(OCC(=O)Nc4ccc(C)cc4)cc3)c(=O)n2C1c1ccc(C(C)C)cc1. The highest BCUT2D eigenvalue weighted by atomic mass is 32.1. The summed E-state index contributed by atoms with van der Waals surface area (Å²) in [5, 5.41) is 2.81. The van der Waals surface area contributed by atoms with E-state index in [0.29, 0.717) is 38.0 Å². The van der Waals surface area contributed by atoms with Crippen LogP contribution in [0.4, 0.5) is 5.69 Å². The van der Waals surface area contributed by atoms with Crippen molar-refractivity contribution in [2.75, 3.05) is 18.5 Å². The lowest BCUT2D eigenvalue weighted by molar-refractivity contribution is -0.139. The molecule has 0 spiro atoms. The Balaban J connectivity index is 1.41. The van der Waals surface area contributed by atoms with Crippen LogP contribution < -0.4 is 24.9 Å². The third-order valence-electron chi connectivity index (χ3n) is 7.32. The summed E-state index contributed by atoms with van der Waals surface area (Å²) < 4.78 is 13.1. The van der Waals surface area contributed by atoms with Gasteiger partial charge in [0.15, 0.2) is 11.4 Å². The number of ether oxygens (including phenoxy) is 2. The molecule has 1 unspecified atom stereocenters. The number of thiazole rings is 1. The Labute approximate surface area is 260 Å². The van der Waals surface area contributed by atoms with Gasteiger partial charge in [0.1, 0.15) is 5.75 Å². The summed E-state index contributed by atoms with van der Waals surface area (Å²) in [7, 11) is 0. The fourth-order valence-electron chi connectivity index (χ4n) is 4.96. The Bertz CT molecular complexity index is 1880. The number of rotatable bonds is 9. The van der Waals surface area contributed by atoms with Crippen LogP contribution in [0.2, 0.25) is 0 Å². The first-order valence-corrected chi connectivity index (χ1v) is 15.3. The van der Waals surface area contributed by atoms with E-state index in [0.717, 1.165) is 16.7 Å². The van der Waals surface area contributed by atoms with Gasteiger partial charge in [-0.1, -0.05) is 79.3 Å². The second kappa shape index (κ2) is 13.3. The molecule has 0 fully saturated rings. The van der Waals surface area contributed by atoms with Gasteiger partial charge in [0.2, 0.25) is 0 Å². The summed E-state index contributed by atoms with van der Waals surface area (Å²) in [5.41, 5.74) is 5.23. The molecular formula is C35H35N3O5S. The summed E-state index contributed by atoms with van der Waals surface area (Å²) in [6, 6.07) is 22.0. The maximum Gasteiger partial charge on any atom is 0.338 e. The third-order valence-corrected chi connectivity index (χ3v) is 8.30. The highest BCUT2D eigenvalue weighted by Gasteiger charge is 2.33. The van der Waals surface area contributed by atoms with Gasteiger partial charge in [0, 0.05) is 5.69 Å². The maximum atomic E-state index is 13.9. The average molecular weight is 610 g/mol. The normalized spacial score (nSPS) is 14.7. The van der Waals surface area contributed by atoms with Gasteiger partial charge >= 0.3 is 5.97 Å². The molecule has 1 aliphatic heterocycles. The Morgan fingerprint density at radius 2 is 1.68 bits per heavy atom. The van der Waals surface area contributed by atoms with Crippen molar-refractivity contribution in [3.05, 3.63) is 126 Å². The molecule has 2 heterocycles. The summed E-state index contributed by atoms with van der Waals surface area (Å²) in [6.07, 6.45) is 1.79. The van der Waals surface area contributed by atoms with Crippen LogP contribution in [-0.4, -0.2) is 29.7 Å². The van der Waals surface area contributed by atoms with Gasteiger partial charge in [0.25, 0.3) is 11.5 Å². The summed E-state index contributed by atoms with van der Waals surface area (Å²) in [5.74, 6) is 0.136. The lowest BCUT2D eigenvalue weighted by Gasteiger charge is -2.25. The maximum absolute atomic E-state index is 13.9. The van der Waals surface area contributed by atoms with Crippen molar-refractivity contribution in [3.63, 3.8) is 0 Å². The van der Waals surface area contributed by atoms with Crippen LogP contribution in [0.15, 0.2) is 93.9 Å². The number of hydrogen-bond acceptors (Lipinski definition) is 7. The number of aryl methyl sites for hydroxylation is 1. The van der Waals surface area contributed by atoms with Crippen LogP contribution in [0.5, 0.6) is 5.75 Å². The molecule has 4 aromatic rings. The molecule has 1 N–H and O–H groups in total. The summed E-state index contributed by atoms with van der Waals surface area (Å²) >= 11 is 1.27. The fraction of sp³-hybridized carbons (Fsp3) is 0.257. The van der Waals surface area contributed by atoms with E-state index >= 15 is 0 Å². The largest absolute Gasteiger partial charge is 0.484 e. The van der Waals surface area contributed by atoms with Crippen molar-refractivity contribution in [1.82, 2.24) is 4.57 Å². The summed E-state index contributed by atoms with van der Waals surface area (Å²) in [4.78, 5) is 44.4. The van der Waals surface area contributed by atoms with Gasteiger partial charge in [0.05, 0.1) is 28.5 Å². The van der Waals surface area contributed by atoms with Crippen LogP contribution in [0.25, 0.3) is 6.08 Å². The molecule has 1 atom stereocenters. The van der Waals surface area contributed by atoms with E-state index in [4.69, 9.17) is 9.47 Å². The number of nitrogens with one attached hydrogen (secondary N) is 1. The number of carbonyl (C=O) groups excluding carboxylic acids is 2. The molecule has 0 saturated carbocycles.